The number of aromatic nitrogens is 3. The SMILES string of the molecule is CSc1nnc2c(n1)O[C@H](c1ccc(OCC(=O)[O-])cc1)Nc1ccccc1-2. The highest BCUT2D eigenvalue weighted by Gasteiger charge is 2.25. The van der Waals surface area contributed by atoms with E-state index in [0.29, 0.717) is 22.5 Å². The topological polar surface area (TPSA) is 109 Å². The van der Waals surface area contributed by atoms with Crippen LogP contribution in [-0.2, 0) is 4.79 Å². The lowest BCUT2D eigenvalue weighted by Gasteiger charge is -2.19. The second-order valence-electron chi connectivity index (χ2n) is 5.87. The average Bonchev–Trinajstić information content (AvgIpc) is 2.89. The highest BCUT2D eigenvalue weighted by atomic mass is 32.2. The van der Waals surface area contributed by atoms with Gasteiger partial charge in [0.1, 0.15) is 12.4 Å². The molecule has 8 nitrogen and oxygen atoms in total. The molecule has 1 atom stereocenters. The number of hydrogen-bond donors (Lipinski definition) is 1. The van der Waals surface area contributed by atoms with E-state index in [1.165, 1.54) is 11.8 Å². The van der Waals surface area contributed by atoms with Crippen molar-refractivity contribution in [1.29, 1.82) is 0 Å². The number of carbonyl (C=O) groups excluding carboxylic acids is 1. The lowest BCUT2D eigenvalue weighted by molar-refractivity contribution is -0.307. The van der Waals surface area contributed by atoms with Crippen LogP contribution >= 0.6 is 11.8 Å². The highest BCUT2D eigenvalue weighted by Crippen LogP contribution is 2.39. The van der Waals surface area contributed by atoms with Crippen molar-refractivity contribution in [2.45, 2.75) is 11.4 Å². The monoisotopic (exact) mass is 395 g/mol. The summed E-state index contributed by atoms with van der Waals surface area (Å²) < 4.78 is 11.2. The summed E-state index contributed by atoms with van der Waals surface area (Å²) in [5.41, 5.74) is 3.07. The highest BCUT2D eigenvalue weighted by molar-refractivity contribution is 7.98. The Morgan fingerprint density at radius 2 is 2.00 bits per heavy atom. The Morgan fingerprint density at radius 1 is 1.21 bits per heavy atom. The average molecular weight is 395 g/mol. The second kappa shape index (κ2) is 7.73. The van der Waals surface area contributed by atoms with Gasteiger partial charge in [-0.15, -0.1) is 10.2 Å². The Labute approximate surface area is 164 Å². The quantitative estimate of drug-likeness (QED) is 0.648. The van der Waals surface area contributed by atoms with E-state index in [9.17, 15) is 9.90 Å². The second-order valence-corrected chi connectivity index (χ2v) is 6.64. The largest absolute Gasteiger partial charge is 0.546 e. The van der Waals surface area contributed by atoms with Gasteiger partial charge in [0.25, 0.3) is 0 Å². The van der Waals surface area contributed by atoms with Gasteiger partial charge in [0, 0.05) is 16.8 Å². The van der Waals surface area contributed by atoms with Gasteiger partial charge in [0.15, 0.2) is 11.9 Å². The first-order chi connectivity index (χ1) is 13.6. The van der Waals surface area contributed by atoms with Crippen molar-refractivity contribution in [3.8, 4) is 22.9 Å². The number of benzene rings is 2. The number of para-hydroxylation sites is 1. The zero-order chi connectivity index (χ0) is 19.5. The molecule has 0 radical (unpaired) electrons. The molecule has 0 unspecified atom stereocenters. The van der Waals surface area contributed by atoms with Gasteiger partial charge in [-0.25, -0.2) is 0 Å². The number of carboxylic acids is 1. The number of aliphatic carboxylic acids is 1. The minimum Gasteiger partial charge on any atom is -0.546 e. The molecule has 0 fully saturated rings. The van der Waals surface area contributed by atoms with Crippen molar-refractivity contribution in [1.82, 2.24) is 15.2 Å². The standard InChI is InChI=1S/C19H16N4O4S/c1-28-19-21-18-16(22-23-19)13-4-2-3-5-14(13)20-17(27-18)11-6-8-12(9-7-11)26-10-15(24)25/h2-9,17,20H,10H2,1H3,(H,24,25)/p-1/t17-/m1/s1. The minimum atomic E-state index is -1.28. The van der Waals surface area contributed by atoms with Gasteiger partial charge in [-0.2, -0.15) is 4.98 Å². The van der Waals surface area contributed by atoms with Crippen molar-refractivity contribution in [2.75, 3.05) is 18.2 Å². The van der Waals surface area contributed by atoms with Crippen LogP contribution < -0.4 is 19.9 Å². The third kappa shape index (κ3) is 3.70. The van der Waals surface area contributed by atoms with Crippen molar-refractivity contribution >= 4 is 23.4 Å². The van der Waals surface area contributed by atoms with E-state index in [2.05, 4.69) is 20.5 Å². The first-order valence-corrected chi connectivity index (χ1v) is 9.60. The van der Waals surface area contributed by atoms with E-state index < -0.39 is 18.8 Å². The zero-order valence-electron chi connectivity index (χ0n) is 14.8. The summed E-state index contributed by atoms with van der Waals surface area (Å²) in [6.45, 7) is -0.502. The third-order valence-electron chi connectivity index (χ3n) is 4.06. The molecule has 0 spiro atoms. The van der Waals surface area contributed by atoms with Crippen molar-refractivity contribution in [2.24, 2.45) is 0 Å². The van der Waals surface area contributed by atoms with Crippen LogP contribution in [-0.4, -0.2) is 34.0 Å². The fraction of sp³-hybridized carbons (Fsp3) is 0.158. The van der Waals surface area contributed by atoms with Gasteiger partial charge in [-0.1, -0.05) is 30.0 Å². The molecule has 0 saturated heterocycles. The molecule has 0 bridgehead atoms. The smallest absolute Gasteiger partial charge is 0.247 e. The molecular weight excluding hydrogens is 380 g/mol. The Hall–Kier alpha value is -3.33. The molecule has 142 valence electrons. The molecule has 4 rings (SSSR count). The van der Waals surface area contributed by atoms with Gasteiger partial charge in [-0.3, -0.25) is 0 Å². The summed E-state index contributed by atoms with van der Waals surface area (Å²) >= 11 is 1.38. The van der Waals surface area contributed by atoms with Crippen LogP contribution in [0.4, 0.5) is 5.69 Å². The number of ether oxygens (including phenoxy) is 2. The van der Waals surface area contributed by atoms with E-state index in [0.717, 1.165) is 16.8 Å². The van der Waals surface area contributed by atoms with Crippen LogP contribution in [0.15, 0.2) is 53.7 Å². The molecule has 9 heteroatoms. The normalized spacial score (nSPS) is 14.7. The van der Waals surface area contributed by atoms with Crippen LogP contribution in [0.1, 0.15) is 11.8 Å². The molecule has 0 saturated carbocycles. The number of carbonyl (C=O) groups is 1. The maximum Gasteiger partial charge on any atom is 0.247 e. The number of anilines is 1. The minimum absolute atomic E-state index is 0.388. The van der Waals surface area contributed by atoms with E-state index >= 15 is 0 Å². The molecule has 0 amide bonds. The molecule has 1 aromatic heterocycles. The van der Waals surface area contributed by atoms with Gasteiger partial charge in [0.05, 0.1) is 5.97 Å². The summed E-state index contributed by atoms with van der Waals surface area (Å²) in [7, 11) is 0. The number of fused-ring (bicyclic) bond motifs is 3. The summed E-state index contributed by atoms with van der Waals surface area (Å²) in [4.78, 5) is 15.0. The van der Waals surface area contributed by atoms with Crippen LogP contribution in [0.5, 0.6) is 11.6 Å². The summed E-state index contributed by atoms with van der Waals surface area (Å²) in [5, 5.41) is 22.8. The van der Waals surface area contributed by atoms with E-state index in [4.69, 9.17) is 9.47 Å². The van der Waals surface area contributed by atoms with Crippen molar-refractivity contribution in [3.05, 3.63) is 54.1 Å². The first-order valence-electron chi connectivity index (χ1n) is 8.38. The maximum absolute atomic E-state index is 10.5. The van der Waals surface area contributed by atoms with E-state index in [1.807, 2.05) is 30.5 Å². The van der Waals surface area contributed by atoms with Crippen LogP contribution in [0.25, 0.3) is 11.3 Å². The predicted molar refractivity (Wildman–Crippen MR) is 101 cm³/mol. The number of hydrogen-bond acceptors (Lipinski definition) is 9. The Bertz CT molecular complexity index is 1010. The molecule has 1 aliphatic rings. The van der Waals surface area contributed by atoms with Crippen molar-refractivity contribution < 1.29 is 19.4 Å². The number of nitrogens with zero attached hydrogens (tertiary/aromatic N) is 3. The Kier molecular flexibility index (Phi) is 4.98. The maximum atomic E-state index is 10.5. The summed E-state index contributed by atoms with van der Waals surface area (Å²) in [5.74, 6) is -0.460. The lowest BCUT2D eigenvalue weighted by Crippen LogP contribution is -2.28. The molecule has 3 aromatic rings. The molecule has 2 aromatic carbocycles. The lowest BCUT2D eigenvalue weighted by atomic mass is 10.1. The summed E-state index contributed by atoms with van der Waals surface area (Å²) in [6, 6.07) is 14.6. The zero-order valence-corrected chi connectivity index (χ0v) is 15.6. The number of carboxylic acid groups (broad SMARTS) is 1. The fourth-order valence-electron chi connectivity index (χ4n) is 2.77. The number of nitrogens with one attached hydrogen (secondary N) is 1. The van der Waals surface area contributed by atoms with Gasteiger partial charge >= 0.3 is 0 Å². The van der Waals surface area contributed by atoms with E-state index in [1.54, 1.807) is 24.3 Å². The van der Waals surface area contributed by atoms with Gasteiger partial charge < -0.3 is 24.7 Å². The molecule has 0 aliphatic carbocycles. The van der Waals surface area contributed by atoms with Gasteiger partial charge in [0.2, 0.25) is 11.0 Å². The summed E-state index contributed by atoms with van der Waals surface area (Å²) in [6.07, 6.45) is 1.35. The third-order valence-corrected chi connectivity index (χ3v) is 4.59. The van der Waals surface area contributed by atoms with Crippen LogP contribution in [0, 0.1) is 0 Å². The number of rotatable bonds is 5. The molecule has 1 N–H and O–H groups in total. The van der Waals surface area contributed by atoms with E-state index in [-0.39, 0.29) is 0 Å². The van der Waals surface area contributed by atoms with Crippen LogP contribution in [0.2, 0.25) is 0 Å². The van der Waals surface area contributed by atoms with Crippen molar-refractivity contribution in [3.63, 3.8) is 0 Å². The molecule has 1 aliphatic heterocycles. The fourth-order valence-corrected chi connectivity index (χ4v) is 3.06. The predicted octanol–water partition coefficient (Wildman–Crippen LogP) is 1.89. The number of thioether (sulfide) groups is 1. The molecule has 2 heterocycles. The first kappa shape index (κ1) is 18.1. The molecule has 28 heavy (non-hydrogen) atoms. The Morgan fingerprint density at radius 3 is 2.75 bits per heavy atom. The Balaban J connectivity index is 1.68. The molecular formula is C19H15N4O4S-. The van der Waals surface area contributed by atoms with Gasteiger partial charge in [-0.05, 0) is 36.6 Å². The van der Waals surface area contributed by atoms with Crippen LogP contribution in [0.3, 0.4) is 0 Å².